The minimum atomic E-state index is -0.633. The summed E-state index contributed by atoms with van der Waals surface area (Å²) in [5.41, 5.74) is 1.66. The molecule has 4 nitrogen and oxygen atoms in total. The number of aliphatic hydroxyl groups is 1. The standard InChI is InChI=1S/C13H16ClN3O/c1-2-7-17-12(9-15-16-17)13(18)8-10-5-3-4-6-11(10)14/h3-6,9,13,18H,2,7-8H2,1H3. The van der Waals surface area contributed by atoms with Crippen LogP contribution in [0.3, 0.4) is 0 Å². The second kappa shape index (κ2) is 5.98. The molecule has 0 amide bonds. The van der Waals surface area contributed by atoms with Crippen molar-refractivity contribution in [2.75, 3.05) is 0 Å². The summed E-state index contributed by atoms with van der Waals surface area (Å²) in [6, 6.07) is 7.53. The average Bonchev–Trinajstić information content (AvgIpc) is 2.81. The van der Waals surface area contributed by atoms with Gasteiger partial charge in [-0.1, -0.05) is 41.9 Å². The van der Waals surface area contributed by atoms with Crippen LogP contribution >= 0.6 is 11.6 Å². The zero-order valence-electron chi connectivity index (χ0n) is 10.3. The molecule has 1 atom stereocenters. The summed E-state index contributed by atoms with van der Waals surface area (Å²) in [4.78, 5) is 0. The van der Waals surface area contributed by atoms with E-state index in [9.17, 15) is 5.11 Å². The van der Waals surface area contributed by atoms with E-state index in [0.29, 0.717) is 11.4 Å². The highest BCUT2D eigenvalue weighted by Gasteiger charge is 2.15. The molecule has 1 aromatic carbocycles. The Morgan fingerprint density at radius 2 is 2.17 bits per heavy atom. The van der Waals surface area contributed by atoms with Gasteiger partial charge in [0.2, 0.25) is 0 Å². The molecule has 0 radical (unpaired) electrons. The number of aryl methyl sites for hydroxylation is 1. The number of halogens is 1. The van der Waals surface area contributed by atoms with Gasteiger partial charge in [0.25, 0.3) is 0 Å². The van der Waals surface area contributed by atoms with Gasteiger partial charge in [0.1, 0.15) is 6.10 Å². The molecule has 2 rings (SSSR count). The summed E-state index contributed by atoms with van der Waals surface area (Å²) in [6.07, 6.45) is 2.40. The van der Waals surface area contributed by atoms with E-state index in [0.717, 1.165) is 24.2 Å². The van der Waals surface area contributed by atoms with Gasteiger partial charge in [0.15, 0.2) is 0 Å². The van der Waals surface area contributed by atoms with Crippen molar-refractivity contribution in [3.8, 4) is 0 Å². The van der Waals surface area contributed by atoms with Gasteiger partial charge >= 0.3 is 0 Å². The SMILES string of the molecule is CCCn1nncc1C(O)Cc1ccccc1Cl. The number of hydrogen-bond acceptors (Lipinski definition) is 3. The average molecular weight is 266 g/mol. The lowest BCUT2D eigenvalue weighted by molar-refractivity contribution is 0.166. The molecule has 96 valence electrons. The number of rotatable bonds is 5. The lowest BCUT2D eigenvalue weighted by Crippen LogP contribution is -2.11. The maximum atomic E-state index is 10.2. The van der Waals surface area contributed by atoms with E-state index in [1.165, 1.54) is 0 Å². The van der Waals surface area contributed by atoms with E-state index >= 15 is 0 Å². The highest BCUT2D eigenvalue weighted by Crippen LogP contribution is 2.22. The molecule has 1 heterocycles. The van der Waals surface area contributed by atoms with Gasteiger partial charge in [-0.05, 0) is 18.1 Å². The monoisotopic (exact) mass is 265 g/mol. The van der Waals surface area contributed by atoms with E-state index < -0.39 is 6.10 Å². The molecule has 1 unspecified atom stereocenters. The summed E-state index contributed by atoms with van der Waals surface area (Å²) >= 11 is 6.08. The number of aromatic nitrogens is 3. The molecule has 0 fully saturated rings. The van der Waals surface area contributed by atoms with Crippen LogP contribution in [0.4, 0.5) is 0 Å². The van der Waals surface area contributed by atoms with Gasteiger partial charge in [-0.2, -0.15) is 0 Å². The van der Waals surface area contributed by atoms with Crippen molar-refractivity contribution in [2.24, 2.45) is 0 Å². The molecule has 0 aliphatic carbocycles. The normalized spacial score (nSPS) is 12.6. The molecule has 1 N–H and O–H groups in total. The van der Waals surface area contributed by atoms with Gasteiger partial charge in [0.05, 0.1) is 11.9 Å². The molecular formula is C13H16ClN3O. The van der Waals surface area contributed by atoms with Gasteiger partial charge in [0, 0.05) is 18.0 Å². The Morgan fingerprint density at radius 1 is 1.39 bits per heavy atom. The second-order valence-electron chi connectivity index (χ2n) is 4.19. The van der Waals surface area contributed by atoms with Gasteiger partial charge < -0.3 is 5.11 Å². The summed E-state index contributed by atoms with van der Waals surface area (Å²) in [6.45, 7) is 2.82. The fourth-order valence-electron chi connectivity index (χ4n) is 1.89. The molecule has 18 heavy (non-hydrogen) atoms. The van der Waals surface area contributed by atoms with Crippen LogP contribution in [-0.2, 0) is 13.0 Å². The van der Waals surface area contributed by atoms with Crippen LogP contribution in [0.2, 0.25) is 5.02 Å². The Hall–Kier alpha value is -1.39. The van der Waals surface area contributed by atoms with Crippen molar-refractivity contribution in [1.29, 1.82) is 0 Å². The van der Waals surface area contributed by atoms with Crippen molar-refractivity contribution in [1.82, 2.24) is 15.0 Å². The van der Waals surface area contributed by atoms with Crippen LogP contribution in [-0.4, -0.2) is 20.1 Å². The zero-order valence-corrected chi connectivity index (χ0v) is 11.0. The number of benzene rings is 1. The summed E-state index contributed by atoms with van der Waals surface area (Å²) in [5.74, 6) is 0. The Morgan fingerprint density at radius 3 is 2.89 bits per heavy atom. The van der Waals surface area contributed by atoms with E-state index in [4.69, 9.17) is 11.6 Å². The van der Waals surface area contributed by atoms with E-state index in [-0.39, 0.29) is 0 Å². The van der Waals surface area contributed by atoms with Crippen molar-refractivity contribution >= 4 is 11.6 Å². The minimum absolute atomic E-state index is 0.469. The third kappa shape index (κ3) is 2.89. The fourth-order valence-corrected chi connectivity index (χ4v) is 2.10. The molecule has 0 saturated heterocycles. The first kappa shape index (κ1) is 13.1. The summed E-state index contributed by atoms with van der Waals surface area (Å²) in [5, 5.41) is 18.7. The number of hydrogen-bond donors (Lipinski definition) is 1. The molecule has 2 aromatic rings. The van der Waals surface area contributed by atoms with E-state index in [1.807, 2.05) is 24.3 Å². The molecule has 0 aliphatic heterocycles. The van der Waals surface area contributed by atoms with Gasteiger partial charge in [-0.25, -0.2) is 4.68 Å². The van der Waals surface area contributed by atoms with Crippen LogP contribution in [0.15, 0.2) is 30.5 Å². The third-order valence-electron chi connectivity index (χ3n) is 2.80. The topological polar surface area (TPSA) is 50.9 Å². The predicted molar refractivity (Wildman–Crippen MR) is 70.4 cm³/mol. The molecule has 0 saturated carbocycles. The third-order valence-corrected chi connectivity index (χ3v) is 3.16. The van der Waals surface area contributed by atoms with Crippen LogP contribution in [0.5, 0.6) is 0 Å². The van der Waals surface area contributed by atoms with E-state index in [2.05, 4.69) is 17.2 Å². The Bertz CT molecular complexity index is 512. The lowest BCUT2D eigenvalue weighted by Gasteiger charge is -2.12. The summed E-state index contributed by atoms with van der Waals surface area (Å²) < 4.78 is 1.74. The van der Waals surface area contributed by atoms with Gasteiger partial charge in [-0.3, -0.25) is 0 Å². The highest BCUT2D eigenvalue weighted by atomic mass is 35.5. The number of aliphatic hydroxyl groups excluding tert-OH is 1. The van der Waals surface area contributed by atoms with Gasteiger partial charge in [-0.15, -0.1) is 5.10 Å². The first-order valence-corrected chi connectivity index (χ1v) is 6.40. The smallest absolute Gasteiger partial charge is 0.101 e. The Kier molecular flexibility index (Phi) is 4.33. The van der Waals surface area contributed by atoms with Crippen molar-refractivity contribution in [3.63, 3.8) is 0 Å². The quantitative estimate of drug-likeness (QED) is 0.904. The van der Waals surface area contributed by atoms with E-state index in [1.54, 1.807) is 10.9 Å². The van der Waals surface area contributed by atoms with Crippen molar-refractivity contribution in [2.45, 2.75) is 32.4 Å². The highest BCUT2D eigenvalue weighted by molar-refractivity contribution is 6.31. The maximum Gasteiger partial charge on any atom is 0.101 e. The Balaban J connectivity index is 2.14. The van der Waals surface area contributed by atoms with Crippen LogP contribution < -0.4 is 0 Å². The van der Waals surface area contributed by atoms with Crippen LogP contribution in [0, 0.1) is 0 Å². The maximum absolute atomic E-state index is 10.2. The van der Waals surface area contributed by atoms with Crippen molar-refractivity contribution < 1.29 is 5.11 Å². The molecular weight excluding hydrogens is 250 g/mol. The molecule has 0 spiro atoms. The van der Waals surface area contributed by atoms with Crippen LogP contribution in [0.25, 0.3) is 0 Å². The largest absolute Gasteiger partial charge is 0.386 e. The van der Waals surface area contributed by atoms with Crippen LogP contribution in [0.1, 0.15) is 30.7 Å². The zero-order chi connectivity index (χ0) is 13.0. The first-order valence-electron chi connectivity index (χ1n) is 6.02. The van der Waals surface area contributed by atoms with Crippen molar-refractivity contribution in [3.05, 3.63) is 46.7 Å². The Labute approximate surface area is 111 Å². The summed E-state index contributed by atoms with van der Waals surface area (Å²) in [7, 11) is 0. The minimum Gasteiger partial charge on any atom is -0.386 e. The first-order chi connectivity index (χ1) is 8.72. The molecule has 1 aromatic heterocycles. The second-order valence-corrected chi connectivity index (χ2v) is 4.60. The molecule has 0 aliphatic rings. The number of nitrogens with zero attached hydrogens (tertiary/aromatic N) is 3. The lowest BCUT2D eigenvalue weighted by atomic mass is 10.1. The molecule has 0 bridgehead atoms. The predicted octanol–water partition coefficient (Wildman–Crippen LogP) is 2.62. The molecule has 5 heteroatoms. The fraction of sp³-hybridized carbons (Fsp3) is 0.385.